The van der Waals surface area contributed by atoms with Crippen LogP contribution in [0.2, 0.25) is 0 Å². The van der Waals surface area contributed by atoms with E-state index in [4.69, 9.17) is 4.74 Å². The first-order chi connectivity index (χ1) is 13.5. The van der Waals surface area contributed by atoms with Crippen molar-refractivity contribution in [2.75, 3.05) is 24.6 Å². The Balaban J connectivity index is 1.63. The molecule has 1 unspecified atom stereocenters. The third kappa shape index (κ3) is 2.20. The van der Waals surface area contributed by atoms with Crippen LogP contribution >= 0.6 is 0 Å². The van der Waals surface area contributed by atoms with Crippen molar-refractivity contribution < 1.29 is 18.3 Å². The maximum absolute atomic E-state index is 16.0. The van der Waals surface area contributed by atoms with Gasteiger partial charge in [-0.2, -0.15) is 0 Å². The van der Waals surface area contributed by atoms with Crippen molar-refractivity contribution in [2.45, 2.75) is 31.9 Å². The fraction of sp³-hybridized carbons (Fsp3) is 0.450. The van der Waals surface area contributed by atoms with E-state index in [-0.39, 0.29) is 19.0 Å². The summed E-state index contributed by atoms with van der Waals surface area (Å²) >= 11 is 0. The smallest absolute Gasteiger partial charge is 0.346 e. The van der Waals surface area contributed by atoms with Crippen molar-refractivity contribution in [3.8, 4) is 0 Å². The Morgan fingerprint density at radius 1 is 1.32 bits per heavy atom. The number of aromatic nitrogens is 3. The number of carbonyl (C=O) groups excluding carboxylic acids is 1. The van der Waals surface area contributed by atoms with Gasteiger partial charge in [0.2, 0.25) is 5.67 Å². The molecule has 3 heterocycles. The second kappa shape index (κ2) is 5.86. The largest absolute Gasteiger partial charge is 0.464 e. The molecule has 1 saturated heterocycles. The molecule has 1 aliphatic carbocycles. The van der Waals surface area contributed by atoms with Crippen LogP contribution in [-0.4, -0.2) is 46.3 Å². The van der Waals surface area contributed by atoms with Gasteiger partial charge in [0.1, 0.15) is 23.6 Å². The van der Waals surface area contributed by atoms with E-state index in [0.717, 1.165) is 11.8 Å². The number of H-pyrrole nitrogens is 1. The lowest BCUT2D eigenvalue weighted by molar-refractivity contribution is -0.168. The maximum Gasteiger partial charge on any atom is 0.346 e. The highest BCUT2D eigenvalue weighted by molar-refractivity contribution is 6.11. The average Bonchev–Trinajstić information content (AvgIpc) is 3.17. The number of aromatic amines is 1. The van der Waals surface area contributed by atoms with Crippen LogP contribution in [-0.2, 0) is 9.53 Å². The number of nitrogens with one attached hydrogen (secondary N) is 1. The van der Waals surface area contributed by atoms with Crippen molar-refractivity contribution in [2.24, 2.45) is 5.41 Å². The lowest BCUT2D eigenvalue weighted by Crippen LogP contribution is -2.54. The van der Waals surface area contributed by atoms with Gasteiger partial charge < -0.3 is 14.6 Å². The van der Waals surface area contributed by atoms with Gasteiger partial charge in [0.05, 0.1) is 24.1 Å². The molecule has 146 valence electrons. The van der Waals surface area contributed by atoms with E-state index in [9.17, 15) is 9.18 Å². The fourth-order valence-electron chi connectivity index (χ4n) is 4.74. The summed E-state index contributed by atoms with van der Waals surface area (Å²) in [5.41, 5.74) is -1.64. The van der Waals surface area contributed by atoms with Gasteiger partial charge in [0.15, 0.2) is 0 Å². The number of alkyl halides is 1. The van der Waals surface area contributed by atoms with Crippen LogP contribution in [0, 0.1) is 11.2 Å². The zero-order valence-electron chi connectivity index (χ0n) is 15.5. The number of carbonyl (C=O) groups is 1. The lowest BCUT2D eigenvalue weighted by atomic mass is 9.61. The van der Waals surface area contributed by atoms with E-state index in [0.29, 0.717) is 41.8 Å². The molecule has 8 heteroatoms. The molecule has 0 radical (unpaired) electrons. The minimum atomic E-state index is -2.06. The van der Waals surface area contributed by atoms with Gasteiger partial charge in [-0.25, -0.2) is 23.5 Å². The fourth-order valence-corrected chi connectivity index (χ4v) is 4.74. The van der Waals surface area contributed by atoms with Crippen LogP contribution in [0.3, 0.4) is 0 Å². The Bertz CT molecular complexity index is 1090. The average molecular weight is 386 g/mol. The number of anilines is 1. The molecule has 2 aliphatic rings. The molecule has 3 aromatic rings. The number of benzene rings is 1. The van der Waals surface area contributed by atoms with Crippen LogP contribution in [0.25, 0.3) is 21.9 Å². The van der Waals surface area contributed by atoms with Crippen LogP contribution in [0.15, 0.2) is 24.5 Å². The van der Waals surface area contributed by atoms with Crippen molar-refractivity contribution in [1.29, 1.82) is 0 Å². The summed E-state index contributed by atoms with van der Waals surface area (Å²) in [6, 6.07) is 4.44. The minimum absolute atomic E-state index is 0.105. The SMILES string of the molecule is CCOC(=O)C1(F)CN(c2ncnc3[nH]c4cc(F)ccc4c23)CC12CCC2. The molecule has 1 aromatic carbocycles. The van der Waals surface area contributed by atoms with E-state index in [1.165, 1.54) is 18.5 Å². The Hall–Kier alpha value is -2.77. The summed E-state index contributed by atoms with van der Waals surface area (Å²) < 4.78 is 34.7. The first-order valence-electron chi connectivity index (χ1n) is 9.50. The van der Waals surface area contributed by atoms with Gasteiger partial charge in [-0.3, -0.25) is 0 Å². The Labute approximate surface area is 159 Å². The second-order valence-electron chi connectivity index (χ2n) is 7.75. The number of esters is 1. The first kappa shape index (κ1) is 17.3. The molecular formula is C20H20F2N4O2. The molecule has 0 bridgehead atoms. The quantitative estimate of drug-likeness (QED) is 0.698. The highest BCUT2D eigenvalue weighted by atomic mass is 19.1. The van der Waals surface area contributed by atoms with Gasteiger partial charge in [0, 0.05) is 17.3 Å². The highest BCUT2D eigenvalue weighted by Crippen LogP contribution is 2.57. The van der Waals surface area contributed by atoms with Gasteiger partial charge in [-0.1, -0.05) is 6.42 Å². The van der Waals surface area contributed by atoms with Crippen LogP contribution in [0.4, 0.5) is 14.6 Å². The zero-order chi connectivity index (χ0) is 19.5. The molecule has 2 aromatic heterocycles. The lowest BCUT2D eigenvalue weighted by Gasteiger charge is -2.44. The molecule has 1 spiro atoms. The third-order valence-electron chi connectivity index (χ3n) is 6.28. The van der Waals surface area contributed by atoms with E-state index < -0.39 is 17.1 Å². The topological polar surface area (TPSA) is 71.1 Å². The minimum Gasteiger partial charge on any atom is -0.464 e. The molecule has 1 saturated carbocycles. The van der Waals surface area contributed by atoms with Gasteiger partial charge >= 0.3 is 5.97 Å². The van der Waals surface area contributed by atoms with Crippen molar-refractivity contribution in [3.05, 3.63) is 30.3 Å². The number of rotatable bonds is 3. The normalized spacial score (nSPS) is 23.5. The second-order valence-corrected chi connectivity index (χ2v) is 7.75. The molecule has 1 N–H and O–H groups in total. The summed E-state index contributed by atoms with van der Waals surface area (Å²) in [5.74, 6) is -0.588. The number of hydrogen-bond acceptors (Lipinski definition) is 5. The predicted molar refractivity (Wildman–Crippen MR) is 100 cm³/mol. The van der Waals surface area contributed by atoms with Crippen LogP contribution < -0.4 is 4.90 Å². The van der Waals surface area contributed by atoms with Crippen molar-refractivity contribution >= 4 is 33.7 Å². The number of ether oxygens (including phenoxy) is 1. The molecule has 1 atom stereocenters. The Morgan fingerprint density at radius 3 is 2.86 bits per heavy atom. The first-order valence-corrected chi connectivity index (χ1v) is 9.50. The highest BCUT2D eigenvalue weighted by Gasteiger charge is 2.66. The standard InChI is InChI=1S/C20H20F2N4O2/c1-2-28-18(27)20(22)10-26(9-19(20)6-3-7-19)17-15-13-5-4-12(21)8-14(13)25-16(15)23-11-24-17/h4-5,8,11H,2-3,6-7,9-10H2,1H3,(H,23,24,25). The Kier molecular flexibility index (Phi) is 3.63. The van der Waals surface area contributed by atoms with Gasteiger partial charge in [-0.05, 0) is 38.0 Å². The number of hydrogen-bond donors (Lipinski definition) is 1. The summed E-state index contributed by atoms with van der Waals surface area (Å²) in [7, 11) is 0. The molecule has 2 fully saturated rings. The van der Waals surface area contributed by atoms with Gasteiger partial charge in [-0.15, -0.1) is 0 Å². The van der Waals surface area contributed by atoms with Crippen LogP contribution in [0.1, 0.15) is 26.2 Å². The summed E-state index contributed by atoms with van der Waals surface area (Å²) in [5, 5.41) is 1.47. The number of nitrogens with zero attached hydrogens (tertiary/aromatic N) is 3. The van der Waals surface area contributed by atoms with Crippen molar-refractivity contribution in [3.63, 3.8) is 0 Å². The monoisotopic (exact) mass is 386 g/mol. The molecule has 5 rings (SSSR count). The molecule has 6 nitrogen and oxygen atoms in total. The number of halogens is 2. The van der Waals surface area contributed by atoms with Crippen molar-refractivity contribution in [1.82, 2.24) is 15.0 Å². The third-order valence-corrected chi connectivity index (χ3v) is 6.28. The van der Waals surface area contributed by atoms with E-state index in [2.05, 4.69) is 15.0 Å². The zero-order valence-corrected chi connectivity index (χ0v) is 15.5. The van der Waals surface area contributed by atoms with Crippen LogP contribution in [0.5, 0.6) is 0 Å². The van der Waals surface area contributed by atoms with E-state index >= 15 is 4.39 Å². The van der Waals surface area contributed by atoms with E-state index in [1.54, 1.807) is 13.0 Å². The molecular weight excluding hydrogens is 366 g/mol. The van der Waals surface area contributed by atoms with Gasteiger partial charge in [0.25, 0.3) is 0 Å². The summed E-state index contributed by atoms with van der Waals surface area (Å²) in [6.45, 7) is 2.11. The van der Waals surface area contributed by atoms with E-state index in [1.807, 2.05) is 4.90 Å². The molecule has 28 heavy (non-hydrogen) atoms. The number of fused-ring (bicyclic) bond motifs is 3. The predicted octanol–water partition coefficient (Wildman–Crippen LogP) is 3.51. The summed E-state index contributed by atoms with van der Waals surface area (Å²) in [6.07, 6.45) is 3.59. The molecule has 1 aliphatic heterocycles. The summed E-state index contributed by atoms with van der Waals surface area (Å²) in [4.78, 5) is 26.1. The maximum atomic E-state index is 16.0. The molecule has 0 amide bonds. The Morgan fingerprint density at radius 2 is 2.14 bits per heavy atom.